The number of hydrogen-bond acceptors (Lipinski definition) is 4. The van der Waals surface area contributed by atoms with E-state index in [9.17, 15) is 22.0 Å². The Labute approximate surface area is 166 Å². The lowest BCUT2D eigenvalue weighted by molar-refractivity contribution is -0.0508. The van der Waals surface area contributed by atoms with Gasteiger partial charge in [-0.1, -0.05) is 0 Å². The number of hydrogen-bond donors (Lipinski definition) is 1. The van der Waals surface area contributed by atoms with Gasteiger partial charge in [-0.2, -0.15) is 0 Å². The number of halogens is 2. The summed E-state index contributed by atoms with van der Waals surface area (Å²) in [5.41, 5.74) is -0.454. The van der Waals surface area contributed by atoms with Crippen LogP contribution < -0.4 is 4.72 Å². The topological polar surface area (TPSA) is 75.7 Å². The number of amides is 1. The highest BCUT2D eigenvalue weighted by Crippen LogP contribution is 2.44. The Kier molecular flexibility index (Phi) is 5.73. The summed E-state index contributed by atoms with van der Waals surface area (Å²) in [6.07, 6.45) is 2.15. The minimum absolute atomic E-state index is 0.0177. The fourth-order valence-corrected chi connectivity index (χ4v) is 6.28. The molecule has 1 saturated heterocycles. The number of carbonyl (C=O) groups excluding carboxylic acids is 1. The number of carbonyl (C=O) groups is 1. The van der Waals surface area contributed by atoms with Crippen molar-refractivity contribution < 1.29 is 26.7 Å². The Balaban J connectivity index is 1.44. The molecule has 3 rings (SSSR count). The summed E-state index contributed by atoms with van der Waals surface area (Å²) in [4.78, 5) is 13.8. The summed E-state index contributed by atoms with van der Waals surface area (Å²) in [7, 11) is -3.57. The molecule has 1 amide bonds. The zero-order valence-electron chi connectivity index (χ0n) is 17.0. The van der Waals surface area contributed by atoms with Gasteiger partial charge in [-0.15, -0.1) is 0 Å². The molecule has 2 saturated carbocycles. The molecule has 3 fully saturated rings. The monoisotopic (exact) mass is 422 g/mol. The van der Waals surface area contributed by atoms with E-state index in [4.69, 9.17) is 4.74 Å². The van der Waals surface area contributed by atoms with Crippen LogP contribution in [0.15, 0.2) is 0 Å². The van der Waals surface area contributed by atoms with Crippen LogP contribution in [-0.4, -0.2) is 55.3 Å². The Bertz CT molecular complexity index is 679. The molecule has 0 unspecified atom stereocenters. The molecule has 162 valence electrons. The van der Waals surface area contributed by atoms with Gasteiger partial charge in [0.05, 0.1) is 5.25 Å². The maximum absolute atomic E-state index is 13.3. The second kappa shape index (κ2) is 7.38. The van der Waals surface area contributed by atoms with Crippen LogP contribution in [0, 0.1) is 5.41 Å². The largest absolute Gasteiger partial charge is 0.444 e. The highest BCUT2D eigenvalue weighted by atomic mass is 32.2. The molecule has 1 N–H and O–H groups in total. The molecule has 0 aromatic rings. The van der Waals surface area contributed by atoms with Crippen LogP contribution in [-0.2, 0) is 14.8 Å². The molecule has 6 nitrogen and oxygen atoms in total. The third kappa shape index (κ3) is 5.14. The van der Waals surface area contributed by atoms with E-state index < -0.39 is 26.8 Å². The zero-order valence-corrected chi connectivity index (χ0v) is 17.8. The predicted octanol–water partition coefficient (Wildman–Crippen LogP) is 3.66. The second-order valence-electron chi connectivity index (χ2n) is 9.83. The van der Waals surface area contributed by atoms with Crippen LogP contribution in [0.1, 0.15) is 72.1 Å². The van der Waals surface area contributed by atoms with E-state index in [1.807, 2.05) is 20.8 Å². The first-order valence-electron chi connectivity index (χ1n) is 10.2. The molecule has 28 heavy (non-hydrogen) atoms. The number of ether oxygens (including phenoxy) is 1. The first-order chi connectivity index (χ1) is 12.8. The molecule has 0 aromatic heterocycles. The Hall–Kier alpha value is -0.960. The minimum atomic E-state index is -3.57. The van der Waals surface area contributed by atoms with Gasteiger partial charge in [0.2, 0.25) is 15.9 Å². The summed E-state index contributed by atoms with van der Waals surface area (Å²) < 4.78 is 59.8. The number of sulfonamides is 1. The molecular formula is C19H32F2N2O4S. The van der Waals surface area contributed by atoms with Crippen LogP contribution in [0.5, 0.6) is 0 Å². The molecule has 0 radical (unpaired) electrons. The van der Waals surface area contributed by atoms with Crippen molar-refractivity contribution in [1.29, 1.82) is 0 Å². The van der Waals surface area contributed by atoms with Crippen molar-refractivity contribution in [3.05, 3.63) is 0 Å². The standard InChI is InChI=1S/C19H32F2N2O4S/c1-17(2,3)27-16(24)23-12-18(13-23)8-4-14(5-9-18)22-28(25,26)15-6-10-19(20,21)11-7-15/h14-15,22H,4-13H2,1-3H3. The van der Waals surface area contributed by atoms with Crippen molar-refractivity contribution in [3.63, 3.8) is 0 Å². The van der Waals surface area contributed by atoms with Crippen LogP contribution in [0.2, 0.25) is 0 Å². The lowest BCUT2D eigenvalue weighted by atomic mass is 9.68. The van der Waals surface area contributed by atoms with Crippen LogP contribution >= 0.6 is 0 Å². The SMILES string of the molecule is CC(C)(C)OC(=O)N1CC2(CCC(NS(=O)(=O)C3CCC(F)(F)CC3)CC2)C1. The number of alkyl halides is 2. The van der Waals surface area contributed by atoms with Gasteiger partial charge in [0.1, 0.15) is 5.60 Å². The van der Waals surface area contributed by atoms with Gasteiger partial charge in [-0.05, 0) is 59.3 Å². The first kappa shape index (κ1) is 21.7. The summed E-state index contributed by atoms with van der Waals surface area (Å²) in [6, 6.07) is -0.145. The van der Waals surface area contributed by atoms with Crippen LogP contribution in [0.25, 0.3) is 0 Å². The maximum atomic E-state index is 13.3. The second-order valence-corrected chi connectivity index (χ2v) is 11.8. The van der Waals surface area contributed by atoms with Crippen molar-refractivity contribution in [2.45, 2.75) is 95.0 Å². The van der Waals surface area contributed by atoms with Crippen LogP contribution in [0.4, 0.5) is 13.6 Å². The van der Waals surface area contributed by atoms with Crippen molar-refractivity contribution in [2.24, 2.45) is 5.41 Å². The molecule has 1 heterocycles. The Morgan fingerprint density at radius 2 is 1.57 bits per heavy atom. The maximum Gasteiger partial charge on any atom is 0.410 e. The average Bonchev–Trinajstić information content (AvgIpc) is 2.51. The summed E-state index contributed by atoms with van der Waals surface area (Å²) in [6.45, 7) is 6.82. The van der Waals surface area contributed by atoms with Gasteiger partial charge < -0.3 is 9.64 Å². The summed E-state index contributed by atoms with van der Waals surface area (Å²) in [5, 5.41) is -0.714. The highest BCUT2D eigenvalue weighted by Gasteiger charge is 2.48. The fourth-order valence-electron chi connectivity index (χ4n) is 4.54. The van der Waals surface area contributed by atoms with E-state index in [0.717, 1.165) is 12.8 Å². The average molecular weight is 423 g/mol. The van der Waals surface area contributed by atoms with Gasteiger partial charge in [0.15, 0.2) is 0 Å². The summed E-state index contributed by atoms with van der Waals surface area (Å²) in [5.74, 6) is -2.73. The fraction of sp³-hybridized carbons (Fsp3) is 0.947. The highest BCUT2D eigenvalue weighted by molar-refractivity contribution is 7.90. The first-order valence-corrected chi connectivity index (χ1v) is 11.7. The third-order valence-electron chi connectivity index (χ3n) is 6.18. The smallest absolute Gasteiger partial charge is 0.410 e. The lowest BCUT2D eigenvalue weighted by Crippen LogP contribution is -2.61. The molecule has 0 atom stereocenters. The minimum Gasteiger partial charge on any atom is -0.444 e. The van der Waals surface area contributed by atoms with Gasteiger partial charge >= 0.3 is 6.09 Å². The number of nitrogens with zero attached hydrogens (tertiary/aromatic N) is 1. The molecule has 9 heteroatoms. The van der Waals surface area contributed by atoms with Crippen molar-refractivity contribution in [2.75, 3.05) is 13.1 Å². The molecule has 0 aromatic carbocycles. The van der Waals surface area contributed by atoms with E-state index in [1.54, 1.807) is 4.90 Å². The zero-order chi connectivity index (χ0) is 20.8. The van der Waals surface area contributed by atoms with Crippen molar-refractivity contribution in [1.82, 2.24) is 9.62 Å². The Morgan fingerprint density at radius 1 is 1.04 bits per heavy atom. The van der Waals surface area contributed by atoms with Gasteiger partial charge in [-0.25, -0.2) is 26.7 Å². The number of nitrogens with one attached hydrogen (secondary N) is 1. The molecular weight excluding hydrogens is 390 g/mol. The Morgan fingerprint density at radius 3 is 2.07 bits per heavy atom. The number of rotatable bonds is 3. The normalized spacial score (nSPS) is 26.1. The molecule has 1 aliphatic heterocycles. The molecule has 0 bridgehead atoms. The van der Waals surface area contributed by atoms with Gasteiger partial charge in [-0.3, -0.25) is 0 Å². The van der Waals surface area contributed by atoms with E-state index in [1.165, 1.54) is 0 Å². The van der Waals surface area contributed by atoms with E-state index in [-0.39, 0.29) is 43.2 Å². The van der Waals surface area contributed by atoms with Crippen LogP contribution in [0.3, 0.4) is 0 Å². The van der Waals surface area contributed by atoms with E-state index in [0.29, 0.717) is 25.9 Å². The van der Waals surface area contributed by atoms with Gasteiger partial charge in [0, 0.05) is 37.4 Å². The quantitative estimate of drug-likeness (QED) is 0.753. The third-order valence-corrected chi connectivity index (χ3v) is 8.20. The summed E-state index contributed by atoms with van der Waals surface area (Å²) >= 11 is 0. The molecule has 1 spiro atoms. The number of likely N-dealkylation sites (tertiary alicyclic amines) is 1. The lowest BCUT2D eigenvalue weighted by Gasteiger charge is -2.53. The van der Waals surface area contributed by atoms with E-state index >= 15 is 0 Å². The molecule has 3 aliphatic rings. The van der Waals surface area contributed by atoms with Crippen molar-refractivity contribution in [3.8, 4) is 0 Å². The van der Waals surface area contributed by atoms with E-state index in [2.05, 4.69) is 4.72 Å². The molecule has 2 aliphatic carbocycles. The predicted molar refractivity (Wildman–Crippen MR) is 102 cm³/mol. The van der Waals surface area contributed by atoms with Crippen molar-refractivity contribution >= 4 is 16.1 Å². The van der Waals surface area contributed by atoms with Gasteiger partial charge in [0.25, 0.3) is 0 Å².